The molecule has 3 aromatic rings. The van der Waals surface area contributed by atoms with Gasteiger partial charge < -0.3 is 14.6 Å². The lowest BCUT2D eigenvalue weighted by atomic mass is 10.0. The highest BCUT2D eigenvalue weighted by Gasteiger charge is 2.14. The maximum Gasteiger partial charge on any atom is 0.234 e. The molecule has 1 N–H and O–H groups in total. The van der Waals surface area contributed by atoms with Gasteiger partial charge in [0.05, 0.1) is 18.6 Å². The molecule has 1 heterocycles. The normalized spacial score (nSPS) is 10.9. The van der Waals surface area contributed by atoms with Crippen LogP contribution in [-0.2, 0) is 11.8 Å². The summed E-state index contributed by atoms with van der Waals surface area (Å²) in [5.41, 5.74) is 2.94. The third-order valence-corrected chi connectivity index (χ3v) is 5.40. The van der Waals surface area contributed by atoms with Crippen molar-refractivity contribution in [1.29, 1.82) is 0 Å². The molecule has 0 fully saturated rings. The van der Waals surface area contributed by atoms with Crippen LogP contribution in [0.4, 0.5) is 5.69 Å². The molecule has 6 nitrogen and oxygen atoms in total. The van der Waals surface area contributed by atoms with Crippen LogP contribution in [0.15, 0.2) is 53.7 Å². The molecule has 1 amide bonds. The van der Waals surface area contributed by atoms with Gasteiger partial charge in [-0.25, -0.2) is 0 Å². The van der Waals surface area contributed by atoms with Gasteiger partial charge in [-0.2, -0.15) is 0 Å². The number of methoxy groups -OCH3 is 1. The van der Waals surface area contributed by atoms with Gasteiger partial charge in [0.15, 0.2) is 11.0 Å². The van der Waals surface area contributed by atoms with Crippen LogP contribution in [0.5, 0.6) is 5.75 Å². The van der Waals surface area contributed by atoms with Crippen molar-refractivity contribution in [2.45, 2.75) is 24.9 Å². The smallest absolute Gasteiger partial charge is 0.234 e. The number of nitrogens with one attached hydrogen (secondary N) is 1. The number of thioether (sulfide) groups is 1. The molecule has 28 heavy (non-hydrogen) atoms. The first-order valence-electron chi connectivity index (χ1n) is 9.05. The Hall–Kier alpha value is -2.80. The molecule has 1 aromatic heterocycles. The highest BCUT2D eigenvalue weighted by atomic mass is 32.2. The molecule has 0 saturated carbocycles. The van der Waals surface area contributed by atoms with E-state index in [2.05, 4.69) is 53.6 Å². The number of benzene rings is 2. The van der Waals surface area contributed by atoms with Crippen LogP contribution in [0.25, 0.3) is 11.4 Å². The number of anilines is 1. The Morgan fingerprint density at radius 1 is 1.14 bits per heavy atom. The highest BCUT2D eigenvalue weighted by molar-refractivity contribution is 7.99. The summed E-state index contributed by atoms with van der Waals surface area (Å²) < 4.78 is 7.16. The molecule has 0 bridgehead atoms. The number of para-hydroxylation sites is 2. The second-order valence-corrected chi connectivity index (χ2v) is 7.62. The molecule has 0 radical (unpaired) electrons. The minimum atomic E-state index is -0.125. The zero-order chi connectivity index (χ0) is 20.1. The predicted molar refractivity (Wildman–Crippen MR) is 113 cm³/mol. The third-order valence-electron chi connectivity index (χ3n) is 4.38. The summed E-state index contributed by atoms with van der Waals surface area (Å²) in [6, 6.07) is 15.7. The minimum Gasteiger partial charge on any atom is -0.495 e. The summed E-state index contributed by atoms with van der Waals surface area (Å²) in [6.07, 6.45) is 0. The van der Waals surface area contributed by atoms with Crippen molar-refractivity contribution in [3.05, 3.63) is 54.1 Å². The molecule has 0 aliphatic heterocycles. The zero-order valence-electron chi connectivity index (χ0n) is 16.5. The number of rotatable bonds is 7. The highest BCUT2D eigenvalue weighted by Crippen LogP contribution is 2.26. The van der Waals surface area contributed by atoms with E-state index in [0.717, 1.165) is 11.4 Å². The first-order valence-corrected chi connectivity index (χ1v) is 10.0. The van der Waals surface area contributed by atoms with Crippen molar-refractivity contribution in [3.8, 4) is 17.1 Å². The summed E-state index contributed by atoms with van der Waals surface area (Å²) in [6.45, 7) is 4.34. The predicted octanol–water partition coefficient (Wildman–Crippen LogP) is 4.34. The first-order chi connectivity index (χ1) is 13.5. The van der Waals surface area contributed by atoms with E-state index in [9.17, 15) is 4.79 Å². The first kappa shape index (κ1) is 19.9. The molecule has 0 aliphatic carbocycles. The second-order valence-electron chi connectivity index (χ2n) is 6.68. The fourth-order valence-electron chi connectivity index (χ4n) is 2.77. The van der Waals surface area contributed by atoms with E-state index in [4.69, 9.17) is 4.74 Å². The Bertz CT molecular complexity index is 951. The Morgan fingerprint density at radius 3 is 2.54 bits per heavy atom. The summed E-state index contributed by atoms with van der Waals surface area (Å²) in [5, 5.41) is 12.1. The Balaban J connectivity index is 1.65. The molecule has 146 valence electrons. The maximum atomic E-state index is 12.3. The van der Waals surface area contributed by atoms with Crippen molar-refractivity contribution < 1.29 is 9.53 Å². The number of nitrogens with zero attached hydrogens (tertiary/aromatic N) is 3. The van der Waals surface area contributed by atoms with E-state index in [1.54, 1.807) is 7.11 Å². The van der Waals surface area contributed by atoms with Gasteiger partial charge in [-0.3, -0.25) is 4.79 Å². The summed E-state index contributed by atoms with van der Waals surface area (Å²) in [7, 11) is 3.49. The number of aromatic nitrogens is 3. The molecule has 0 atom stereocenters. The molecular formula is C21H24N4O2S. The van der Waals surface area contributed by atoms with Crippen LogP contribution < -0.4 is 10.1 Å². The molecule has 2 aromatic carbocycles. The summed E-state index contributed by atoms with van der Waals surface area (Å²) >= 11 is 1.35. The molecule has 3 rings (SSSR count). The van der Waals surface area contributed by atoms with E-state index in [1.165, 1.54) is 17.3 Å². The monoisotopic (exact) mass is 396 g/mol. The minimum absolute atomic E-state index is 0.125. The molecule has 0 unspecified atom stereocenters. The largest absolute Gasteiger partial charge is 0.495 e. The number of amides is 1. The Labute approximate surface area is 169 Å². The SMILES string of the molecule is COc1ccccc1NC(=O)CSc1nnc(-c2ccc(C(C)C)cc2)n1C. The number of carbonyl (C=O) groups excluding carboxylic acids is 1. The van der Waals surface area contributed by atoms with Crippen LogP contribution in [0.1, 0.15) is 25.3 Å². The van der Waals surface area contributed by atoms with Gasteiger partial charge in [0.25, 0.3) is 0 Å². The van der Waals surface area contributed by atoms with Gasteiger partial charge in [-0.15, -0.1) is 10.2 Å². The number of carbonyl (C=O) groups is 1. The Morgan fingerprint density at radius 2 is 1.86 bits per heavy atom. The topological polar surface area (TPSA) is 69.0 Å². The van der Waals surface area contributed by atoms with Crippen LogP contribution in [0, 0.1) is 0 Å². The van der Waals surface area contributed by atoms with E-state index in [-0.39, 0.29) is 11.7 Å². The number of ether oxygens (including phenoxy) is 1. The zero-order valence-corrected chi connectivity index (χ0v) is 17.3. The van der Waals surface area contributed by atoms with Crippen LogP contribution in [0.2, 0.25) is 0 Å². The maximum absolute atomic E-state index is 12.3. The molecule has 0 aliphatic rings. The van der Waals surface area contributed by atoms with Crippen molar-refractivity contribution in [2.24, 2.45) is 7.05 Å². The van der Waals surface area contributed by atoms with E-state index >= 15 is 0 Å². The number of hydrogen-bond donors (Lipinski definition) is 1. The standard InChI is InChI=1S/C21H24N4O2S/c1-14(2)15-9-11-16(12-10-15)20-23-24-21(25(20)3)28-13-19(26)22-17-7-5-6-8-18(17)27-4/h5-12,14H,13H2,1-4H3,(H,22,26). The molecule has 0 spiro atoms. The van der Waals surface area contributed by atoms with Gasteiger partial charge in [-0.1, -0.05) is 62.0 Å². The lowest BCUT2D eigenvalue weighted by molar-refractivity contribution is -0.113. The van der Waals surface area contributed by atoms with E-state index in [1.807, 2.05) is 35.9 Å². The quantitative estimate of drug-likeness (QED) is 0.602. The lowest BCUT2D eigenvalue weighted by Crippen LogP contribution is -2.15. The Kier molecular flexibility index (Phi) is 6.36. The summed E-state index contributed by atoms with van der Waals surface area (Å²) in [5.74, 6) is 2.01. The van der Waals surface area contributed by atoms with Crippen molar-refractivity contribution in [2.75, 3.05) is 18.2 Å². The molecular weight excluding hydrogens is 372 g/mol. The van der Waals surface area contributed by atoms with Crippen molar-refractivity contribution >= 4 is 23.4 Å². The fraction of sp³-hybridized carbons (Fsp3) is 0.286. The molecule has 0 saturated heterocycles. The van der Waals surface area contributed by atoms with Gasteiger partial charge in [0, 0.05) is 12.6 Å². The fourth-order valence-corrected chi connectivity index (χ4v) is 3.48. The van der Waals surface area contributed by atoms with E-state index < -0.39 is 0 Å². The summed E-state index contributed by atoms with van der Waals surface area (Å²) in [4.78, 5) is 12.3. The average molecular weight is 397 g/mol. The van der Waals surface area contributed by atoms with Gasteiger partial charge in [-0.05, 0) is 23.6 Å². The lowest BCUT2D eigenvalue weighted by Gasteiger charge is -2.09. The molecule has 7 heteroatoms. The average Bonchev–Trinajstić information content (AvgIpc) is 3.07. The van der Waals surface area contributed by atoms with Gasteiger partial charge >= 0.3 is 0 Å². The third kappa shape index (κ3) is 4.54. The van der Waals surface area contributed by atoms with Gasteiger partial charge in [0.2, 0.25) is 5.91 Å². The van der Waals surface area contributed by atoms with Crippen LogP contribution >= 0.6 is 11.8 Å². The van der Waals surface area contributed by atoms with Crippen LogP contribution in [0.3, 0.4) is 0 Å². The van der Waals surface area contributed by atoms with E-state index in [0.29, 0.717) is 22.5 Å². The van der Waals surface area contributed by atoms with Gasteiger partial charge in [0.1, 0.15) is 5.75 Å². The van der Waals surface area contributed by atoms with Crippen molar-refractivity contribution in [3.63, 3.8) is 0 Å². The number of hydrogen-bond acceptors (Lipinski definition) is 5. The van der Waals surface area contributed by atoms with Crippen molar-refractivity contribution in [1.82, 2.24) is 14.8 Å². The van der Waals surface area contributed by atoms with Crippen LogP contribution in [-0.4, -0.2) is 33.5 Å². The second kappa shape index (κ2) is 8.93.